The smallest absolute Gasteiger partial charge is 0.231 e. The van der Waals surface area contributed by atoms with Crippen molar-refractivity contribution in [2.45, 2.75) is 18.9 Å². The van der Waals surface area contributed by atoms with Crippen LogP contribution in [0.1, 0.15) is 22.7 Å². The molecule has 0 saturated heterocycles. The molecule has 5 rings (SSSR count). The van der Waals surface area contributed by atoms with Gasteiger partial charge in [-0.3, -0.25) is 0 Å². The topological polar surface area (TPSA) is 36.9 Å². The Hall–Kier alpha value is -1.67. The Morgan fingerprint density at radius 2 is 1.85 bits per heavy atom. The van der Waals surface area contributed by atoms with E-state index >= 15 is 0 Å². The van der Waals surface area contributed by atoms with Crippen LogP contribution in [-0.4, -0.2) is 46.1 Å². The molecule has 0 spiro atoms. The first kappa shape index (κ1) is 18.7. The third-order valence-electron chi connectivity index (χ3n) is 6.22. The third kappa shape index (κ3) is 2.52. The molecule has 144 valence electrons. The lowest BCUT2D eigenvalue weighted by molar-refractivity contribution is -0.923. The van der Waals surface area contributed by atoms with E-state index < -0.39 is 0 Å². The zero-order chi connectivity index (χ0) is 18.1. The fourth-order valence-electron chi connectivity index (χ4n) is 4.83. The predicted molar refractivity (Wildman–Crippen MR) is 98.2 cm³/mol. The molecule has 2 aliphatic heterocycles. The van der Waals surface area contributed by atoms with Crippen molar-refractivity contribution < 1.29 is 47.4 Å². The molecule has 1 unspecified atom stereocenters. The van der Waals surface area contributed by atoms with E-state index in [1.165, 1.54) is 16.7 Å². The highest BCUT2D eigenvalue weighted by Crippen LogP contribution is 2.58. The average Bonchev–Trinajstić information content (AvgIpc) is 3.11. The summed E-state index contributed by atoms with van der Waals surface area (Å²) in [7, 11) is 8.04. The fourth-order valence-corrected chi connectivity index (χ4v) is 4.83. The molecule has 3 aliphatic rings. The molecule has 0 fully saturated rings. The van der Waals surface area contributed by atoms with E-state index in [-0.39, 0.29) is 30.8 Å². The number of hydrogen-bond acceptors (Lipinski definition) is 4. The zero-order valence-corrected chi connectivity index (χ0v) is 18.3. The minimum Gasteiger partial charge on any atom is -1.00 e. The van der Waals surface area contributed by atoms with Gasteiger partial charge >= 0.3 is 0 Å². The van der Waals surface area contributed by atoms with Gasteiger partial charge in [-0.2, -0.15) is 0 Å². The van der Waals surface area contributed by atoms with Gasteiger partial charge in [0, 0.05) is 29.5 Å². The first-order valence-corrected chi connectivity index (χ1v) is 9.07. The van der Waals surface area contributed by atoms with E-state index in [4.69, 9.17) is 18.9 Å². The number of fused-ring (bicyclic) bond motifs is 4. The van der Waals surface area contributed by atoms with E-state index in [1.54, 1.807) is 14.2 Å². The monoisotopic (exact) mass is 481 g/mol. The van der Waals surface area contributed by atoms with Crippen molar-refractivity contribution in [2.75, 3.05) is 41.7 Å². The van der Waals surface area contributed by atoms with Gasteiger partial charge < -0.3 is 47.4 Å². The molecule has 27 heavy (non-hydrogen) atoms. The summed E-state index contributed by atoms with van der Waals surface area (Å²) < 4.78 is 24.1. The molecule has 2 aromatic rings. The van der Waals surface area contributed by atoms with Crippen molar-refractivity contribution in [3.05, 3.63) is 34.9 Å². The molecule has 2 heterocycles. The fraction of sp³-hybridized carbons (Fsp3) is 0.429. The Balaban J connectivity index is 0.00000180. The maximum Gasteiger partial charge on any atom is 0.231 e. The van der Waals surface area contributed by atoms with Crippen molar-refractivity contribution in [3.8, 4) is 34.1 Å². The summed E-state index contributed by atoms with van der Waals surface area (Å²) in [4.78, 5) is 0. The van der Waals surface area contributed by atoms with Crippen molar-refractivity contribution in [2.24, 2.45) is 0 Å². The Labute approximate surface area is 176 Å². The number of rotatable bonds is 2. The molecule has 0 amide bonds. The normalized spacial score (nSPS) is 20.2. The zero-order valence-electron chi connectivity index (χ0n) is 16.1. The molecule has 6 heteroatoms. The van der Waals surface area contributed by atoms with E-state index in [1.807, 2.05) is 6.07 Å². The average molecular weight is 481 g/mol. The van der Waals surface area contributed by atoms with Crippen LogP contribution in [0.3, 0.4) is 0 Å². The van der Waals surface area contributed by atoms with Gasteiger partial charge in [-0.25, -0.2) is 0 Å². The Morgan fingerprint density at radius 1 is 1.04 bits per heavy atom. The number of nitrogens with zero attached hydrogens (tertiary/aromatic N) is 1. The maximum absolute atomic E-state index is 5.94. The Bertz CT molecular complexity index is 925. The lowest BCUT2D eigenvalue weighted by Gasteiger charge is -2.46. The van der Waals surface area contributed by atoms with Crippen LogP contribution in [0.15, 0.2) is 18.2 Å². The predicted octanol–water partition coefficient (Wildman–Crippen LogP) is 0.333. The first-order valence-electron chi connectivity index (χ1n) is 9.07. The van der Waals surface area contributed by atoms with Crippen LogP contribution in [0, 0.1) is 0 Å². The van der Waals surface area contributed by atoms with Gasteiger partial charge in [0.2, 0.25) is 6.79 Å². The van der Waals surface area contributed by atoms with Gasteiger partial charge in [-0.1, -0.05) is 6.07 Å². The number of likely N-dealkylation sites (N-methyl/N-ethyl adjacent to an activating group) is 1. The molecule has 0 saturated carbocycles. The third-order valence-corrected chi connectivity index (χ3v) is 6.22. The number of quaternary nitrogens is 1. The Kier molecular flexibility index (Phi) is 4.46. The van der Waals surface area contributed by atoms with Crippen LogP contribution < -0.4 is 42.9 Å². The largest absolute Gasteiger partial charge is 1.00 e. The maximum atomic E-state index is 5.94. The second-order valence-corrected chi connectivity index (χ2v) is 7.87. The highest BCUT2D eigenvalue weighted by Gasteiger charge is 2.45. The van der Waals surface area contributed by atoms with Crippen molar-refractivity contribution in [3.63, 3.8) is 0 Å². The minimum absolute atomic E-state index is 0. The molecule has 0 N–H and O–H groups in total. The molecule has 0 aromatic heterocycles. The molecule has 1 aliphatic carbocycles. The van der Waals surface area contributed by atoms with Gasteiger partial charge in [0.05, 0.1) is 34.9 Å². The van der Waals surface area contributed by atoms with Crippen LogP contribution in [0.5, 0.6) is 23.0 Å². The van der Waals surface area contributed by atoms with Crippen LogP contribution >= 0.6 is 0 Å². The highest BCUT2D eigenvalue weighted by atomic mass is 127. The van der Waals surface area contributed by atoms with Crippen molar-refractivity contribution >= 4 is 0 Å². The van der Waals surface area contributed by atoms with E-state index in [2.05, 4.69) is 26.2 Å². The lowest BCUT2D eigenvalue weighted by atomic mass is 9.75. The van der Waals surface area contributed by atoms with Crippen LogP contribution in [0.25, 0.3) is 11.1 Å². The quantitative estimate of drug-likeness (QED) is 0.458. The van der Waals surface area contributed by atoms with Crippen LogP contribution in [0.4, 0.5) is 0 Å². The molecular formula is C21H24INO4. The second kappa shape index (κ2) is 6.44. The molecule has 0 radical (unpaired) electrons. The summed E-state index contributed by atoms with van der Waals surface area (Å²) in [5.74, 6) is 3.23. The van der Waals surface area contributed by atoms with E-state index in [9.17, 15) is 0 Å². The van der Waals surface area contributed by atoms with Gasteiger partial charge in [0.25, 0.3) is 0 Å². The lowest BCUT2D eigenvalue weighted by Crippen LogP contribution is -3.00. The first-order chi connectivity index (χ1) is 12.5. The molecule has 0 bridgehead atoms. The molecule has 1 atom stereocenters. The van der Waals surface area contributed by atoms with Crippen LogP contribution in [-0.2, 0) is 12.8 Å². The van der Waals surface area contributed by atoms with Gasteiger partial charge in [0.1, 0.15) is 6.04 Å². The van der Waals surface area contributed by atoms with Crippen molar-refractivity contribution in [1.29, 1.82) is 0 Å². The van der Waals surface area contributed by atoms with E-state index in [0.717, 1.165) is 58.0 Å². The summed E-state index contributed by atoms with van der Waals surface area (Å²) in [5.41, 5.74) is 6.29. The highest BCUT2D eigenvalue weighted by molar-refractivity contribution is 5.88. The summed E-state index contributed by atoms with van der Waals surface area (Å²) in [6, 6.07) is 6.77. The van der Waals surface area contributed by atoms with Gasteiger partial charge in [0.15, 0.2) is 23.0 Å². The van der Waals surface area contributed by atoms with E-state index in [0.29, 0.717) is 6.04 Å². The number of methoxy groups -OCH3 is 2. The SMILES string of the molecule is COc1ccc2c(c1OC)-c1c3c(cc4c1C(C2)[N+](C)(C)CC4)OCO3.[I-]. The molecule has 5 nitrogen and oxygen atoms in total. The van der Waals surface area contributed by atoms with Gasteiger partial charge in [-0.05, 0) is 23.3 Å². The van der Waals surface area contributed by atoms with Crippen molar-refractivity contribution in [1.82, 2.24) is 0 Å². The molecular weight excluding hydrogens is 457 g/mol. The number of hydrogen-bond donors (Lipinski definition) is 0. The summed E-state index contributed by atoms with van der Waals surface area (Å²) in [6.45, 7) is 1.40. The molecule has 2 aromatic carbocycles. The summed E-state index contributed by atoms with van der Waals surface area (Å²) in [5, 5.41) is 0. The Morgan fingerprint density at radius 3 is 2.59 bits per heavy atom. The minimum atomic E-state index is 0. The number of benzene rings is 2. The summed E-state index contributed by atoms with van der Waals surface area (Å²) >= 11 is 0. The summed E-state index contributed by atoms with van der Waals surface area (Å²) in [6.07, 6.45) is 2.03. The number of ether oxygens (including phenoxy) is 4. The standard InChI is InChI=1S/C21H24NO4.HI/c1-22(2)8-7-13-10-16-21(26-11-25-16)19-17(13)14(22)9-12-5-6-15(23-3)20(24-4)18(12)19;/h5-6,10,14H,7-9,11H2,1-4H3;1H/q+1;/p-1. The van der Waals surface area contributed by atoms with Crippen LogP contribution in [0.2, 0.25) is 0 Å². The number of halogens is 1. The van der Waals surface area contributed by atoms with Gasteiger partial charge in [-0.15, -0.1) is 0 Å². The second-order valence-electron chi connectivity index (χ2n) is 7.87.